The summed E-state index contributed by atoms with van der Waals surface area (Å²) < 4.78 is 1.55. The predicted molar refractivity (Wildman–Crippen MR) is 90.8 cm³/mol. The molecule has 0 spiro atoms. The van der Waals surface area contributed by atoms with E-state index in [9.17, 15) is 9.59 Å². The van der Waals surface area contributed by atoms with E-state index >= 15 is 0 Å². The molecule has 3 amide bonds. The number of anilines is 2. The lowest BCUT2D eigenvalue weighted by Crippen LogP contribution is -2.22. The third-order valence-corrected chi connectivity index (χ3v) is 3.85. The SMILES string of the molecule is N#CCCNc1nc(NC2CC2)n2ncc(/C=C3\NC(=O)NC3=O)c2n1. The Balaban J connectivity index is 1.73. The molecule has 0 aromatic carbocycles. The van der Waals surface area contributed by atoms with Crippen molar-refractivity contribution in [1.29, 1.82) is 5.26 Å². The Morgan fingerprint density at radius 1 is 1.35 bits per heavy atom. The average molecular weight is 353 g/mol. The second-order valence-electron chi connectivity index (χ2n) is 5.93. The maximum atomic E-state index is 11.7. The fourth-order valence-corrected chi connectivity index (χ4v) is 2.45. The van der Waals surface area contributed by atoms with Gasteiger partial charge in [-0.2, -0.15) is 24.8 Å². The highest BCUT2D eigenvalue weighted by atomic mass is 16.2. The van der Waals surface area contributed by atoms with Gasteiger partial charge in [0.1, 0.15) is 5.70 Å². The zero-order valence-corrected chi connectivity index (χ0v) is 13.6. The van der Waals surface area contributed by atoms with Gasteiger partial charge >= 0.3 is 6.03 Å². The van der Waals surface area contributed by atoms with Crippen molar-refractivity contribution in [2.75, 3.05) is 17.2 Å². The Morgan fingerprint density at radius 2 is 2.19 bits per heavy atom. The van der Waals surface area contributed by atoms with Crippen LogP contribution in [0.3, 0.4) is 0 Å². The van der Waals surface area contributed by atoms with Crippen molar-refractivity contribution in [2.45, 2.75) is 25.3 Å². The summed E-state index contributed by atoms with van der Waals surface area (Å²) in [4.78, 5) is 31.8. The van der Waals surface area contributed by atoms with Crippen LogP contribution in [0, 0.1) is 11.3 Å². The normalized spacial score (nSPS) is 17.9. The van der Waals surface area contributed by atoms with E-state index in [1.165, 1.54) is 6.08 Å². The van der Waals surface area contributed by atoms with Gasteiger partial charge in [0.05, 0.1) is 18.7 Å². The van der Waals surface area contributed by atoms with Crippen LogP contribution in [-0.4, -0.2) is 44.1 Å². The third-order valence-electron chi connectivity index (χ3n) is 3.85. The molecule has 11 nitrogen and oxygen atoms in total. The van der Waals surface area contributed by atoms with Gasteiger partial charge in [0.2, 0.25) is 11.9 Å². The molecule has 2 aromatic rings. The number of fused-ring (bicyclic) bond motifs is 1. The molecule has 0 atom stereocenters. The molecule has 1 saturated carbocycles. The third kappa shape index (κ3) is 3.12. The first kappa shape index (κ1) is 15.8. The second-order valence-corrected chi connectivity index (χ2v) is 5.93. The van der Waals surface area contributed by atoms with Gasteiger partial charge in [0.25, 0.3) is 5.91 Å². The average Bonchev–Trinajstić information content (AvgIpc) is 3.24. The summed E-state index contributed by atoms with van der Waals surface area (Å²) in [6, 6.07) is 1.84. The first-order valence-corrected chi connectivity index (χ1v) is 8.11. The number of hydrogen-bond donors (Lipinski definition) is 4. The molecular formula is C15H15N9O2. The minimum atomic E-state index is -0.567. The highest BCUT2D eigenvalue weighted by Gasteiger charge is 2.25. The van der Waals surface area contributed by atoms with Crippen LogP contribution in [0.4, 0.5) is 16.7 Å². The monoisotopic (exact) mass is 353 g/mol. The van der Waals surface area contributed by atoms with Gasteiger partial charge in [-0.25, -0.2) is 4.79 Å². The molecule has 26 heavy (non-hydrogen) atoms. The van der Waals surface area contributed by atoms with E-state index in [0.717, 1.165) is 12.8 Å². The molecule has 0 radical (unpaired) electrons. The smallest absolute Gasteiger partial charge is 0.326 e. The standard InChI is InChI=1S/C15H15N9O2/c16-4-1-5-17-13-21-11-8(6-10-12(25)22-15(26)20-10)7-18-24(11)14(23-13)19-9-2-3-9/h6-7,9H,1-3,5H2,(H2,17,19,21,23)(H2,20,22,25,26)/b10-6-. The lowest BCUT2D eigenvalue weighted by Gasteiger charge is -2.09. The number of nitrogens with zero attached hydrogens (tertiary/aromatic N) is 5. The molecule has 0 unspecified atom stereocenters. The maximum absolute atomic E-state index is 11.7. The van der Waals surface area contributed by atoms with Crippen LogP contribution in [0.15, 0.2) is 11.9 Å². The van der Waals surface area contributed by atoms with Crippen LogP contribution in [0.5, 0.6) is 0 Å². The Labute approximate surface area is 147 Å². The molecule has 1 aliphatic carbocycles. The van der Waals surface area contributed by atoms with E-state index in [1.54, 1.807) is 10.7 Å². The number of carbonyl (C=O) groups is 2. The van der Waals surface area contributed by atoms with Crippen molar-refractivity contribution in [2.24, 2.45) is 0 Å². The van der Waals surface area contributed by atoms with Crippen molar-refractivity contribution in [3.8, 4) is 6.07 Å². The lowest BCUT2D eigenvalue weighted by atomic mass is 10.2. The summed E-state index contributed by atoms with van der Waals surface area (Å²) in [5, 5.41) is 23.8. The van der Waals surface area contributed by atoms with E-state index in [1.807, 2.05) is 0 Å². The number of nitriles is 1. The van der Waals surface area contributed by atoms with Gasteiger partial charge in [0.15, 0.2) is 5.65 Å². The number of imide groups is 1. The molecule has 4 N–H and O–H groups in total. The minimum absolute atomic E-state index is 0.124. The van der Waals surface area contributed by atoms with Crippen LogP contribution in [-0.2, 0) is 4.79 Å². The largest absolute Gasteiger partial charge is 0.353 e. The van der Waals surface area contributed by atoms with E-state index in [4.69, 9.17) is 5.26 Å². The number of amides is 3. The summed E-state index contributed by atoms with van der Waals surface area (Å²) in [6.07, 6.45) is 5.50. The maximum Gasteiger partial charge on any atom is 0.326 e. The quantitative estimate of drug-likeness (QED) is 0.327. The minimum Gasteiger partial charge on any atom is -0.353 e. The molecule has 1 aliphatic heterocycles. The first-order chi connectivity index (χ1) is 12.6. The van der Waals surface area contributed by atoms with Gasteiger partial charge in [0, 0.05) is 18.2 Å². The topological polar surface area (TPSA) is 149 Å². The first-order valence-electron chi connectivity index (χ1n) is 8.11. The highest BCUT2D eigenvalue weighted by Crippen LogP contribution is 2.25. The highest BCUT2D eigenvalue weighted by molar-refractivity contribution is 6.14. The van der Waals surface area contributed by atoms with Crippen LogP contribution >= 0.6 is 0 Å². The van der Waals surface area contributed by atoms with E-state index < -0.39 is 11.9 Å². The molecule has 2 aliphatic rings. The van der Waals surface area contributed by atoms with Crippen LogP contribution in [0.25, 0.3) is 11.7 Å². The molecule has 2 aromatic heterocycles. The zero-order chi connectivity index (χ0) is 18.1. The second kappa shape index (κ2) is 6.32. The van der Waals surface area contributed by atoms with E-state index in [2.05, 4.69) is 42.4 Å². The molecule has 11 heteroatoms. The van der Waals surface area contributed by atoms with Crippen LogP contribution in [0.2, 0.25) is 0 Å². The van der Waals surface area contributed by atoms with E-state index in [-0.39, 0.29) is 5.70 Å². The molecule has 2 fully saturated rings. The molecule has 132 valence electrons. The summed E-state index contributed by atoms with van der Waals surface area (Å²) in [5.74, 6) is 0.379. The summed E-state index contributed by atoms with van der Waals surface area (Å²) in [6.45, 7) is 0.415. The van der Waals surface area contributed by atoms with Crippen LogP contribution < -0.4 is 21.3 Å². The number of aromatic nitrogens is 4. The van der Waals surface area contributed by atoms with Crippen molar-refractivity contribution in [1.82, 2.24) is 30.2 Å². The molecule has 0 bridgehead atoms. The number of rotatable bonds is 6. The molecule has 1 saturated heterocycles. The Bertz CT molecular complexity index is 967. The van der Waals surface area contributed by atoms with Crippen molar-refractivity contribution >= 4 is 35.6 Å². The molecular weight excluding hydrogens is 338 g/mol. The van der Waals surface area contributed by atoms with Crippen molar-refractivity contribution in [3.63, 3.8) is 0 Å². The van der Waals surface area contributed by atoms with Crippen LogP contribution in [0.1, 0.15) is 24.8 Å². The fourth-order valence-electron chi connectivity index (χ4n) is 2.45. The number of urea groups is 1. The lowest BCUT2D eigenvalue weighted by molar-refractivity contribution is -0.115. The Kier molecular flexibility index (Phi) is 3.85. The van der Waals surface area contributed by atoms with Gasteiger partial charge in [-0.1, -0.05) is 0 Å². The predicted octanol–water partition coefficient (Wildman–Crippen LogP) is 0.204. The van der Waals surface area contributed by atoms with Gasteiger partial charge in [-0.3, -0.25) is 10.1 Å². The van der Waals surface area contributed by atoms with Gasteiger partial charge in [-0.05, 0) is 18.9 Å². The summed E-state index contributed by atoms with van der Waals surface area (Å²) in [7, 11) is 0. The van der Waals surface area contributed by atoms with Crippen molar-refractivity contribution < 1.29 is 9.59 Å². The van der Waals surface area contributed by atoms with Gasteiger partial charge in [-0.15, -0.1) is 0 Å². The molecule has 3 heterocycles. The van der Waals surface area contributed by atoms with Crippen molar-refractivity contribution in [3.05, 3.63) is 17.5 Å². The number of carbonyl (C=O) groups excluding carboxylic acids is 2. The Hall–Kier alpha value is -3.68. The Morgan fingerprint density at radius 3 is 2.88 bits per heavy atom. The summed E-state index contributed by atoms with van der Waals surface area (Å²) >= 11 is 0. The fraction of sp³-hybridized carbons (Fsp3) is 0.333. The van der Waals surface area contributed by atoms with E-state index in [0.29, 0.717) is 42.1 Å². The zero-order valence-electron chi connectivity index (χ0n) is 13.6. The molecule has 4 rings (SSSR count). The summed E-state index contributed by atoms with van der Waals surface area (Å²) in [5.41, 5.74) is 1.16. The van der Waals surface area contributed by atoms with Gasteiger partial charge < -0.3 is 16.0 Å². The number of hydrogen-bond acceptors (Lipinski definition) is 8. The number of nitrogens with one attached hydrogen (secondary N) is 4.